The summed E-state index contributed by atoms with van der Waals surface area (Å²) in [6, 6.07) is 3.61. The van der Waals surface area contributed by atoms with Gasteiger partial charge in [-0.2, -0.15) is 0 Å². The molecular formula is C10H15INO-. The van der Waals surface area contributed by atoms with Crippen LogP contribution in [0.15, 0.2) is 23.1 Å². The molecule has 0 radical (unpaired) electrons. The van der Waals surface area contributed by atoms with Gasteiger partial charge in [0.1, 0.15) is 0 Å². The van der Waals surface area contributed by atoms with Crippen molar-refractivity contribution in [3.63, 3.8) is 0 Å². The minimum absolute atomic E-state index is 0.0810. The Morgan fingerprint density at radius 2 is 2.23 bits per heavy atom. The monoisotopic (exact) mass is 292 g/mol. The molecule has 74 valence electrons. The number of alkyl halides is 2. The van der Waals surface area contributed by atoms with Crippen LogP contribution in [0.4, 0.5) is 0 Å². The second kappa shape index (κ2) is 5.42. The number of aryl methyl sites for hydroxylation is 1. The van der Waals surface area contributed by atoms with Crippen molar-refractivity contribution in [1.29, 1.82) is 0 Å². The first-order valence-electron chi connectivity index (χ1n) is 4.43. The average Bonchev–Trinajstić information content (AvgIpc) is 2.12. The average molecular weight is 292 g/mol. The van der Waals surface area contributed by atoms with Crippen molar-refractivity contribution in [1.82, 2.24) is 4.57 Å². The maximum absolute atomic E-state index is 11.1. The van der Waals surface area contributed by atoms with Crippen molar-refractivity contribution in [3.05, 3.63) is 34.2 Å². The van der Waals surface area contributed by atoms with Crippen LogP contribution < -0.4 is 26.8 Å². The molecule has 0 spiro atoms. The molecule has 1 heterocycles. The van der Waals surface area contributed by atoms with E-state index in [0.29, 0.717) is 21.2 Å². The standard InChI is InChI=1S/C10H15INO/c1-3-6-11-7-9-4-5-10(13)12(2)8-9/h4-5,8H,3,6-7H2,1-2H3/q-1. The molecule has 0 aromatic carbocycles. The molecule has 0 aliphatic carbocycles. The first-order chi connectivity index (χ1) is 6.24. The van der Waals surface area contributed by atoms with Crippen molar-refractivity contribution in [3.8, 4) is 0 Å². The SMILES string of the molecule is CCC[I-]Cc1ccc(=O)n(C)c1. The van der Waals surface area contributed by atoms with Gasteiger partial charge >= 0.3 is 89.3 Å². The maximum atomic E-state index is 11.1. The Hall–Kier alpha value is -0.320. The summed E-state index contributed by atoms with van der Waals surface area (Å²) in [5.74, 6) is 0. The fourth-order valence-corrected chi connectivity index (χ4v) is 3.26. The van der Waals surface area contributed by atoms with E-state index in [-0.39, 0.29) is 5.56 Å². The second-order valence-electron chi connectivity index (χ2n) is 3.00. The summed E-state index contributed by atoms with van der Waals surface area (Å²) >= 11 is 0.308. The third-order valence-electron chi connectivity index (χ3n) is 1.72. The van der Waals surface area contributed by atoms with Crippen LogP contribution in [-0.2, 0) is 11.5 Å². The molecule has 0 saturated carbocycles. The van der Waals surface area contributed by atoms with Gasteiger partial charge in [-0.25, -0.2) is 0 Å². The van der Waals surface area contributed by atoms with Gasteiger partial charge in [-0.1, -0.05) is 0 Å². The molecule has 0 N–H and O–H groups in total. The van der Waals surface area contributed by atoms with E-state index in [2.05, 4.69) is 6.92 Å². The Kier molecular flexibility index (Phi) is 4.48. The number of rotatable bonds is 4. The summed E-state index contributed by atoms with van der Waals surface area (Å²) in [5, 5.41) is 0. The first-order valence-corrected chi connectivity index (χ1v) is 7.48. The molecule has 13 heavy (non-hydrogen) atoms. The van der Waals surface area contributed by atoms with Crippen LogP contribution in [0.1, 0.15) is 18.9 Å². The van der Waals surface area contributed by atoms with E-state index in [1.807, 2.05) is 19.3 Å². The van der Waals surface area contributed by atoms with Gasteiger partial charge in [0.05, 0.1) is 0 Å². The molecule has 0 bridgehead atoms. The van der Waals surface area contributed by atoms with Crippen molar-refractivity contribution in [2.24, 2.45) is 7.05 Å². The van der Waals surface area contributed by atoms with E-state index in [1.54, 1.807) is 10.6 Å². The molecule has 0 saturated heterocycles. The summed E-state index contributed by atoms with van der Waals surface area (Å²) < 4.78 is 4.23. The minimum atomic E-state index is 0.0810. The van der Waals surface area contributed by atoms with Crippen molar-refractivity contribution in [2.75, 3.05) is 4.43 Å². The molecule has 0 atom stereocenters. The van der Waals surface area contributed by atoms with E-state index in [9.17, 15) is 4.79 Å². The predicted molar refractivity (Wildman–Crippen MR) is 50.5 cm³/mol. The molecule has 3 heteroatoms. The third kappa shape index (κ3) is 3.50. The van der Waals surface area contributed by atoms with Gasteiger partial charge in [0.25, 0.3) is 0 Å². The molecule has 1 aromatic rings. The normalized spacial score (nSPS) is 10.6. The topological polar surface area (TPSA) is 22.0 Å². The number of pyridine rings is 1. The van der Waals surface area contributed by atoms with Crippen LogP contribution in [0.3, 0.4) is 0 Å². The fraction of sp³-hybridized carbons (Fsp3) is 0.500. The molecule has 0 aliphatic heterocycles. The first kappa shape index (κ1) is 10.8. The van der Waals surface area contributed by atoms with Crippen LogP contribution in [0.25, 0.3) is 0 Å². The Morgan fingerprint density at radius 1 is 1.46 bits per heavy atom. The quantitative estimate of drug-likeness (QED) is 0.372. The fourth-order valence-electron chi connectivity index (χ4n) is 1.04. The Morgan fingerprint density at radius 3 is 2.85 bits per heavy atom. The molecule has 0 aliphatic rings. The van der Waals surface area contributed by atoms with E-state index < -0.39 is 0 Å². The van der Waals surface area contributed by atoms with E-state index in [1.165, 1.54) is 20.8 Å². The molecule has 0 unspecified atom stereocenters. The molecule has 0 fully saturated rings. The molecule has 1 rings (SSSR count). The summed E-state index contributed by atoms with van der Waals surface area (Å²) in [6.07, 6.45) is 3.25. The Labute approximate surface area is 89.2 Å². The number of halogens is 1. The van der Waals surface area contributed by atoms with Crippen LogP contribution in [0, 0.1) is 0 Å². The number of nitrogens with zero attached hydrogens (tertiary/aromatic N) is 1. The molecule has 0 amide bonds. The summed E-state index contributed by atoms with van der Waals surface area (Å²) in [7, 11) is 1.81. The third-order valence-corrected chi connectivity index (χ3v) is 4.98. The number of hydrogen-bond donors (Lipinski definition) is 0. The van der Waals surface area contributed by atoms with Crippen LogP contribution in [-0.4, -0.2) is 8.99 Å². The Balaban J connectivity index is 2.58. The molecule has 1 aromatic heterocycles. The number of aromatic nitrogens is 1. The second-order valence-corrected chi connectivity index (χ2v) is 5.92. The Bertz CT molecular complexity index is 319. The van der Waals surface area contributed by atoms with Gasteiger partial charge in [-0.05, 0) is 0 Å². The van der Waals surface area contributed by atoms with Gasteiger partial charge < -0.3 is 0 Å². The summed E-state index contributed by atoms with van der Waals surface area (Å²) in [4.78, 5) is 11.1. The van der Waals surface area contributed by atoms with E-state index >= 15 is 0 Å². The van der Waals surface area contributed by atoms with Crippen LogP contribution >= 0.6 is 0 Å². The zero-order valence-electron chi connectivity index (χ0n) is 8.09. The van der Waals surface area contributed by atoms with Gasteiger partial charge in [0.15, 0.2) is 0 Å². The van der Waals surface area contributed by atoms with Crippen LogP contribution in [0.2, 0.25) is 0 Å². The predicted octanol–water partition coefficient (Wildman–Crippen LogP) is -1.62. The summed E-state index contributed by atoms with van der Waals surface area (Å²) in [6.45, 7) is 2.22. The van der Waals surface area contributed by atoms with Crippen molar-refractivity contribution >= 4 is 0 Å². The van der Waals surface area contributed by atoms with Crippen molar-refractivity contribution < 1.29 is 21.2 Å². The van der Waals surface area contributed by atoms with Crippen LogP contribution in [0.5, 0.6) is 0 Å². The zero-order valence-corrected chi connectivity index (χ0v) is 10.2. The van der Waals surface area contributed by atoms with Gasteiger partial charge in [-0.3, -0.25) is 0 Å². The summed E-state index contributed by atoms with van der Waals surface area (Å²) in [5.41, 5.74) is 1.39. The van der Waals surface area contributed by atoms with Gasteiger partial charge in [-0.15, -0.1) is 0 Å². The van der Waals surface area contributed by atoms with E-state index in [0.717, 1.165) is 0 Å². The molecular weight excluding hydrogens is 277 g/mol. The van der Waals surface area contributed by atoms with E-state index in [4.69, 9.17) is 0 Å². The van der Waals surface area contributed by atoms with Gasteiger partial charge in [0.2, 0.25) is 0 Å². The van der Waals surface area contributed by atoms with Gasteiger partial charge in [0, 0.05) is 0 Å². The molecule has 2 nitrogen and oxygen atoms in total. The zero-order chi connectivity index (χ0) is 9.68. The number of hydrogen-bond acceptors (Lipinski definition) is 1. The van der Waals surface area contributed by atoms with Crippen molar-refractivity contribution in [2.45, 2.75) is 17.8 Å².